The number of benzene rings is 1. The average Bonchev–Trinajstić information content (AvgIpc) is 2.35. The van der Waals surface area contributed by atoms with Gasteiger partial charge in [-0.3, -0.25) is 0 Å². The van der Waals surface area contributed by atoms with E-state index in [1.165, 1.54) is 6.07 Å². The maximum absolute atomic E-state index is 13.5. The molecule has 1 aromatic carbocycles. The zero-order valence-electron chi connectivity index (χ0n) is 9.88. The van der Waals surface area contributed by atoms with Gasteiger partial charge in [-0.1, -0.05) is 0 Å². The molecule has 0 bridgehead atoms. The Morgan fingerprint density at radius 3 is 2.67 bits per heavy atom. The normalized spacial score (nSPS) is 18.6. The van der Waals surface area contributed by atoms with E-state index in [9.17, 15) is 13.9 Å². The summed E-state index contributed by atoms with van der Waals surface area (Å²) in [7, 11) is 0. The lowest BCUT2D eigenvalue weighted by molar-refractivity contribution is -0.0543. The van der Waals surface area contributed by atoms with Gasteiger partial charge in [-0.25, -0.2) is 8.78 Å². The van der Waals surface area contributed by atoms with Crippen LogP contribution in [0.15, 0.2) is 12.1 Å². The van der Waals surface area contributed by atoms with Crippen molar-refractivity contribution in [3.8, 4) is 0 Å². The van der Waals surface area contributed by atoms with Crippen LogP contribution in [0.3, 0.4) is 0 Å². The van der Waals surface area contributed by atoms with Crippen molar-refractivity contribution >= 4 is 11.4 Å². The van der Waals surface area contributed by atoms with Gasteiger partial charge in [0.25, 0.3) is 0 Å². The monoisotopic (exact) mass is 258 g/mol. The minimum absolute atomic E-state index is 0.102. The van der Waals surface area contributed by atoms with Gasteiger partial charge in [0.15, 0.2) is 11.6 Å². The number of hydrogen-bond acceptors (Lipinski definition) is 4. The Hall–Kier alpha value is -1.40. The van der Waals surface area contributed by atoms with E-state index in [2.05, 4.69) is 5.32 Å². The molecule has 6 heteroatoms. The lowest BCUT2D eigenvalue weighted by Gasteiger charge is -2.32. The SMILES string of the molecule is Nc1ccc(F)c(F)c1NCC1(O)CCOCC1. The average molecular weight is 258 g/mol. The van der Waals surface area contributed by atoms with Crippen LogP contribution >= 0.6 is 0 Å². The number of nitrogens with two attached hydrogens (primary N) is 1. The van der Waals surface area contributed by atoms with Crippen molar-refractivity contribution in [1.82, 2.24) is 0 Å². The summed E-state index contributed by atoms with van der Waals surface area (Å²) >= 11 is 0. The van der Waals surface area contributed by atoms with Gasteiger partial charge in [0.1, 0.15) is 0 Å². The van der Waals surface area contributed by atoms with Crippen LogP contribution < -0.4 is 11.1 Å². The molecule has 1 aliphatic heterocycles. The second-order valence-corrected chi connectivity index (χ2v) is 4.52. The fraction of sp³-hybridized carbons (Fsp3) is 0.500. The van der Waals surface area contributed by atoms with Crippen molar-refractivity contribution in [2.75, 3.05) is 30.8 Å². The first kappa shape index (κ1) is 13.0. The highest BCUT2D eigenvalue weighted by Crippen LogP contribution is 2.27. The second-order valence-electron chi connectivity index (χ2n) is 4.52. The summed E-state index contributed by atoms with van der Waals surface area (Å²) in [6.45, 7) is 1.03. The fourth-order valence-corrected chi connectivity index (χ4v) is 1.93. The molecule has 0 aromatic heterocycles. The Morgan fingerprint density at radius 1 is 1.33 bits per heavy atom. The van der Waals surface area contributed by atoms with E-state index in [4.69, 9.17) is 10.5 Å². The van der Waals surface area contributed by atoms with Crippen molar-refractivity contribution in [2.45, 2.75) is 18.4 Å². The number of nitrogen functional groups attached to an aromatic ring is 1. The van der Waals surface area contributed by atoms with Crippen LogP contribution in [0.1, 0.15) is 12.8 Å². The summed E-state index contributed by atoms with van der Waals surface area (Å²) in [5.74, 6) is -1.99. The molecule has 0 saturated carbocycles. The molecule has 1 aromatic rings. The van der Waals surface area contributed by atoms with Gasteiger partial charge in [-0.05, 0) is 12.1 Å². The summed E-state index contributed by atoms with van der Waals surface area (Å²) in [4.78, 5) is 0. The van der Waals surface area contributed by atoms with Gasteiger partial charge >= 0.3 is 0 Å². The van der Waals surface area contributed by atoms with E-state index in [0.29, 0.717) is 26.1 Å². The third kappa shape index (κ3) is 2.70. The van der Waals surface area contributed by atoms with Crippen molar-refractivity contribution in [1.29, 1.82) is 0 Å². The number of rotatable bonds is 3. The van der Waals surface area contributed by atoms with Crippen LogP contribution in [0.5, 0.6) is 0 Å². The third-order valence-electron chi connectivity index (χ3n) is 3.14. The molecule has 1 fully saturated rings. The predicted molar refractivity (Wildman–Crippen MR) is 64.3 cm³/mol. The highest BCUT2D eigenvalue weighted by Gasteiger charge is 2.30. The lowest BCUT2D eigenvalue weighted by atomic mass is 9.94. The summed E-state index contributed by atoms with van der Waals surface area (Å²) < 4.78 is 31.7. The summed E-state index contributed by atoms with van der Waals surface area (Å²) in [6, 6.07) is 2.26. The molecule has 0 amide bonds. The number of ether oxygens (including phenoxy) is 1. The van der Waals surface area contributed by atoms with Gasteiger partial charge in [0, 0.05) is 32.6 Å². The molecule has 0 aliphatic carbocycles. The van der Waals surface area contributed by atoms with E-state index in [1.54, 1.807) is 0 Å². The molecule has 4 N–H and O–H groups in total. The van der Waals surface area contributed by atoms with Crippen molar-refractivity contribution in [3.05, 3.63) is 23.8 Å². The Balaban J connectivity index is 2.08. The van der Waals surface area contributed by atoms with Crippen LogP contribution in [0.4, 0.5) is 20.2 Å². The quantitative estimate of drug-likeness (QED) is 0.719. The van der Waals surface area contributed by atoms with E-state index >= 15 is 0 Å². The van der Waals surface area contributed by atoms with Crippen LogP contribution in [0, 0.1) is 11.6 Å². The molecule has 0 unspecified atom stereocenters. The molecular formula is C12H16F2N2O2. The van der Waals surface area contributed by atoms with Crippen LogP contribution in [-0.2, 0) is 4.74 Å². The molecule has 1 aliphatic rings. The number of halogens is 2. The van der Waals surface area contributed by atoms with Gasteiger partial charge < -0.3 is 20.9 Å². The molecule has 0 spiro atoms. The topological polar surface area (TPSA) is 67.5 Å². The highest BCUT2D eigenvalue weighted by molar-refractivity contribution is 5.66. The van der Waals surface area contributed by atoms with Crippen molar-refractivity contribution in [3.63, 3.8) is 0 Å². The summed E-state index contributed by atoms with van der Waals surface area (Å²) in [6.07, 6.45) is 0.910. The highest BCUT2D eigenvalue weighted by atomic mass is 19.2. The van der Waals surface area contributed by atoms with Crippen LogP contribution in [0.2, 0.25) is 0 Å². The Labute approximate surface area is 104 Å². The molecule has 2 rings (SSSR count). The van der Waals surface area contributed by atoms with Gasteiger partial charge in [-0.15, -0.1) is 0 Å². The Bertz CT molecular complexity index is 434. The summed E-state index contributed by atoms with van der Waals surface area (Å²) in [5.41, 5.74) is 4.62. The van der Waals surface area contributed by atoms with Crippen LogP contribution in [-0.4, -0.2) is 30.5 Å². The van der Waals surface area contributed by atoms with Crippen molar-refractivity contribution < 1.29 is 18.6 Å². The number of hydrogen-bond donors (Lipinski definition) is 3. The maximum atomic E-state index is 13.5. The van der Waals surface area contributed by atoms with Crippen LogP contribution in [0.25, 0.3) is 0 Å². The zero-order valence-corrected chi connectivity index (χ0v) is 9.88. The van der Waals surface area contributed by atoms with Gasteiger partial charge in [0.2, 0.25) is 0 Å². The molecular weight excluding hydrogens is 242 g/mol. The largest absolute Gasteiger partial charge is 0.397 e. The second kappa shape index (κ2) is 5.07. The lowest BCUT2D eigenvalue weighted by Crippen LogP contribution is -2.42. The van der Waals surface area contributed by atoms with Gasteiger partial charge in [0.05, 0.1) is 17.0 Å². The van der Waals surface area contributed by atoms with E-state index in [0.717, 1.165) is 6.07 Å². The minimum Gasteiger partial charge on any atom is -0.397 e. The maximum Gasteiger partial charge on any atom is 0.183 e. The van der Waals surface area contributed by atoms with E-state index < -0.39 is 17.2 Å². The molecule has 4 nitrogen and oxygen atoms in total. The first-order valence-corrected chi connectivity index (χ1v) is 5.79. The zero-order chi connectivity index (χ0) is 13.2. The molecule has 1 heterocycles. The van der Waals surface area contributed by atoms with Gasteiger partial charge in [-0.2, -0.15) is 0 Å². The van der Waals surface area contributed by atoms with Crippen molar-refractivity contribution in [2.24, 2.45) is 0 Å². The smallest absolute Gasteiger partial charge is 0.183 e. The Morgan fingerprint density at radius 2 is 2.00 bits per heavy atom. The predicted octanol–water partition coefficient (Wildman–Crippen LogP) is 1.50. The molecule has 100 valence electrons. The number of aliphatic hydroxyl groups is 1. The Kier molecular flexibility index (Phi) is 3.68. The molecule has 18 heavy (non-hydrogen) atoms. The van der Waals surface area contributed by atoms with E-state index in [1.807, 2.05) is 0 Å². The fourth-order valence-electron chi connectivity index (χ4n) is 1.93. The first-order chi connectivity index (χ1) is 8.52. The number of nitrogens with one attached hydrogen (secondary N) is 1. The molecule has 0 atom stereocenters. The first-order valence-electron chi connectivity index (χ1n) is 5.79. The standard InChI is InChI=1S/C12H16F2N2O2/c13-8-1-2-9(15)11(10(8)14)16-7-12(17)3-5-18-6-4-12/h1-2,16-17H,3-7,15H2. The third-order valence-corrected chi connectivity index (χ3v) is 3.14. The number of anilines is 2. The summed E-state index contributed by atoms with van der Waals surface area (Å²) in [5, 5.41) is 12.9. The minimum atomic E-state index is -1.02. The molecule has 0 radical (unpaired) electrons. The molecule has 1 saturated heterocycles. The van der Waals surface area contributed by atoms with E-state index in [-0.39, 0.29) is 17.9 Å².